The Balaban J connectivity index is 1.76. The lowest BCUT2D eigenvalue weighted by Crippen LogP contribution is -2.14. The maximum atomic E-state index is 3.70. The summed E-state index contributed by atoms with van der Waals surface area (Å²) in [5.41, 5.74) is 9.58. The van der Waals surface area contributed by atoms with Crippen molar-refractivity contribution in [3.05, 3.63) is 137 Å². The zero-order chi connectivity index (χ0) is 25.1. The minimum atomic E-state index is 0.0988. The minimum Gasteiger partial charge on any atom is -0.310 e. The van der Waals surface area contributed by atoms with Crippen LogP contribution in [0.3, 0.4) is 0 Å². The quantitative estimate of drug-likeness (QED) is 0.218. The number of nitrogens with zero attached hydrogens (tertiary/aromatic N) is 1. The molecule has 5 rings (SSSR count). The molecular formula is C34H30BrN. The van der Waals surface area contributed by atoms with Gasteiger partial charge in [-0.1, -0.05) is 128 Å². The van der Waals surface area contributed by atoms with Crippen LogP contribution in [0.1, 0.15) is 26.3 Å². The van der Waals surface area contributed by atoms with Crippen LogP contribution in [0.15, 0.2) is 132 Å². The van der Waals surface area contributed by atoms with E-state index < -0.39 is 0 Å². The van der Waals surface area contributed by atoms with Gasteiger partial charge in [0.25, 0.3) is 0 Å². The molecule has 0 radical (unpaired) electrons. The van der Waals surface area contributed by atoms with Crippen LogP contribution in [0.4, 0.5) is 17.1 Å². The molecule has 0 aromatic heterocycles. The van der Waals surface area contributed by atoms with Gasteiger partial charge in [-0.15, -0.1) is 0 Å². The topological polar surface area (TPSA) is 3.24 Å². The van der Waals surface area contributed by atoms with E-state index in [2.05, 4.69) is 169 Å². The first-order valence-electron chi connectivity index (χ1n) is 12.3. The summed E-state index contributed by atoms with van der Waals surface area (Å²) in [7, 11) is 0. The zero-order valence-corrected chi connectivity index (χ0v) is 22.5. The van der Waals surface area contributed by atoms with Gasteiger partial charge in [0.15, 0.2) is 0 Å². The summed E-state index contributed by atoms with van der Waals surface area (Å²) < 4.78 is 1.05. The third-order valence-corrected chi connectivity index (χ3v) is 6.98. The van der Waals surface area contributed by atoms with Gasteiger partial charge in [-0.2, -0.15) is 0 Å². The normalized spacial score (nSPS) is 11.3. The van der Waals surface area contributed by atoms with Crippen LogP contribution in [0, 0.1) is 0 Å². The van der Waals surface area contributed by atoms with Gasteiger partial charge in [0.2, 0.25) is 0 Å². The number of hydrogen-bond donors (Lipinski definition) is 0. The van der Waals surface area contributed by atoms with Crippen molar-refractivity contribution in [1.29, 1.82) is 0 Å². The number of rotatable bonds is 5. The SMILES string of the molecule is CC(C)(C)c1ccc(N(c2cccc(Br)c2)c2cc(-c3ccccc3)ccc2-c2ccccc2)cc1. The second-order valence-corrected chi connectivity index (χ2v) is 11.0. The monoisotopic (exact) mass is 531 g/mol. The summed E-state index contributed by atoms with van der Waals surface area (Å²) in [6.07, 6.45) is 0. The second-order valence-electron chi connectivity index (χ2n) is 10.1. The first kappa shape index (κ1) is 24.1. The third-order valence-electron chi connectivity index (χ3n) is 6.49. The molecule has 5 aromatic carbocycles. The van der Waals surface area contributed by atoms with Crippen molar-refractivity contribution in [2.45, 2.75) is 26.2 Å². The molecule has 36 heavy (non-hydrogen) atoms. The number of anilines is 3. The predicted molar refractivity (Wildman–Crippen MR) is 158 cm³/mol. The van der Waals surface area contributed by atoms with Crippen molar-refractivity contribution < 1.29 is 0 Å². The Morgan fingerprint density at radius 3 is 1.78 bits per heavy atom. The fourth-order valence-corrected chi connectivity index (χ4v) is 4.93. The summed E-state index contributed by atoms with van der Waals surface area (Å²) in [6, 6.07) is 45.5. The van der Waals surface area contributed by atoms with Gasteiger partial charge in [0.1, 0.15) is 0 Å². The summed E-state index contributed by atoms with van der Waals surface area (Å²) in [6.45, 7) is 6.76. The molecule has 0 saturated carbocycles. The molecule has 0 aliphatic rings. The van der Waals surface area contributed by atoms with Gasteiger partial charge in [0, 0.05) is 21.4 Å². The first-order valence-corrected chi connectivity index (χ1v) is 13.1. The van der Waals surface area contributed by atoms with Crippen molar-refractivity contribution in [2.75, 3.05) is 4.90 Å². The minimum absolute atomic E-state index is 0.0988. The predicted octanol–water partition coefficient (Wildman–Crippen LogP) is 10.6. The Kier molecular flexibility index (Phi) is 6.80. The van der Waals surface area contributed by atoms with Crippen LogP contribution in [-0.2, 0) is 5.41 Å². The van der Waals surface area contributed by atoms with Gasteiger partial charge in [-0.3, -0.25) is 0 Å². The highest BCUT2D eigenvalue weighted by Gasteiger charge is 2.20. The van der Waals surface area contributed by atoms with Gasteiger partial charge in [-0.25, -0.2) is 0 Å². The molecule has 0 atom stereocenters. The van der Waals surface area contributed by atoms with Crippen LogP contribution in [0.5, 0.6) is 0 Å². The largest absolute Gasteiger partial charge is 0.310 e. The molecule has 0 spiro atoms. The fourth-order valence-electron chi connectivity index (χ4n) is 4.54. The average molecular weight is 533 g/mol. The summed E-state index contributed by atoms with van der Waals surface area (Å²) in [4.78, 5) is 2.37. The van der Waals surface area contributed by atoms with E-state index in [9.17, 15) is 0 Å². The molecule has 178 valence electrons. The average Bonchev–Trinajstić information content (AvgIpc) is 2.90. The molecule has 0 saturated heterocycles. The summed E-state index contributed by atoms with van der Waals surface area (Å²) in [5, 5.41) is 0. The van der Waals surface area contributed by atoms with Crippen LogP contribution in [0.2, 0.25) is 0 Å². The van der Waals surface area contributed by atoms with E-state index in [4.69, 9.17) is 0 Å². The highest BCUT2D eigenvalue weighted by Crippen LogP contribution is 2.43. The van der Waals surface area contributed by atoms with Crippen LogP contribution >= 0.6 is 15.9 Å². The standard InChI is InChI=1S/C34H30BrN/c1-34(2,3)28-18-20-30(21-19-28)36(31-16-10-15-29(35)24-31)33-23-27(25-11-6-4-7-12-25)17-22-32(33)26-13-8-5-9-14-26/h4-24H,1-3H3. The molecule has 0 N–H and O–H groups in total. The Labute approximate surface area is 223 Å². The smallest absolute Gasteiger partial charge is 0.0546 e. The van der Waals surface area contributed by atoms with Crippen molar-refractivity contribution in [3.8, 4) is 22.3 Å². The lowest BCUT2D eigenvalue weighted by Gasteiger charge is -2.29. The van der Waals surface area contributed by atoms with E-state index in [-0.39, 0.29) is 5.41 Å². The lowest BCUT2D eigenvalue weighted by molar-refractivity contribution is 0.590. The van der Waals surface area contributed by atoms with Crippen molar-refractivity contribution in [2.24, 2.45) is 0 Å². The molecule has 0 bridgehead atoms. The second kappa shape index (κ2) is 10.2. The third kappa shape index (κ3) is 5.15. The van der Waals surface area contributed by atoms with Crippen molar-refractivity contribution in [1.82, 2.24) is 0 Å². The van der Waals surface area contributed by atoms with E-state index in [1.807, 2.05) is 0 Å². The molecule has 0 aliphatic carbocycles. The van der Waals surface area contributed by atoms with Crippen molar-refractivity contribution >= 4 is 33.0 Å². The molecule has 5 aromatic rings. The zero-order valence-electron chi connectivity index (χ0n) is 20.9. The Morgan fingerprint density at radius 1 is 0.528 bits per heavy atom. The molecule has 0 amide bonds. The number of halogens is 1. The molecule has 2 heteroatoms. The Morgan fingerprint density at radius 2 is 1.17 bits per heavy atom. The Bertz CT molecular complexity index is 1450. The van der Waals surface area contributed by atoms with E-state index in [0.29, 0.717) is 0 Å². The van der Waals surface area contributed by atoms with Crippen molar-refractivity contribution in [3.63, 3.8) is 0 Å². The van der Waals surface area contributed by atoms with E-state index in [1.165, 1.54) is 27.8 Å². The maximum absolute atomic E-state index is 3.70. The molecule has 0 aliphatic heterocycles. The van der Waals surface area contributed by atoms with Gasteiger partial charge >= 0.3 is 0 Å². The summed E-state index contributed by atoms with van der Waals surface area (Å²) in [5.74, 6) is 0. The van der Waals surface area contributed by atoms with Gasteiger partial charge < -0.3 is 4.90 Å². The van der Waals surface area contributed by atoms with E-state index in [1.54, 1.807) is 0 Å². The molecule has 0 fully saturated rings. The van der Waals surface area contributed by atoms with Crippen LogP contribution in [0.25, 0.3) is 22.3 Å². The van der Waals surface area contributed by atoms with E-state index >= 15 is 0 Å². The van der Waals surface area contributed by atoms with E-state index in [0.717, 1.165) is 21.5 Å². The first-order chi connectivity index (χ1) is 17.4. The molecular weight excluding hydrogens is 502 g/mol. The summed E-state index contributed by atoms with van der Waals surface area (Å²) >= 11 is 3.70. The lowest BCUT2D eigenvalue weighted by atomic mass is 9.87. The Hall–Kier alpha value is -3.62. The van der Waals surface area contributed by atoms with Crippen LogP contribution in [-0.4, -0.2) is 0 Å². The fraction of sp³-hybridized carbons (Fsp3) is 0.118. The number of hydrogen-bond acceptors (Lipinski definition) is 1. The van der Waals surface area contributed by atoms with Gasteiger partial charge in [-0.05, 0) is 64.1 Å². The molecule has 1 nitrogen and oxygen atoms in total. The maximum Gasteiger partial charge on any atom is 0.0546 e. The number of benzene rings is 5. The highest BCUT2D eigenvalue weighted by atomic mass is 79.9. The molecule has 0 unspecified atom stereocenters. The van der Waals surface area contributed by atoms with Crippen LogP contribution < -0.4 is 4.90 Å². The van der Waals surface area contributed by atoms with Gasteiger partial charge in [0.05, 0.1) is 5.69 Å². The molecule has 0 heterocycles. The highest BCUT2D eigenvalue weighted by molar-refractivity contribution is 9.10.